The summed E-state index contributed by atoms with van der Waals surface area (Å²) < 4.78 is 0. The predicted molar refractivity (Wildman–Crippen MR) is 98.8 cm³/mol. The minimum atomic E-state index is -0.444. The molecule has 8 heteroatoms. The van der Waals surface area contributed by atoms with Crippen molar-refractivity contribution in [3.63, 3.8) is 0 Å². The van der Waals surface area contributed by atoms with Crippen LogP contribution in [0.3, 0.4) is 0 Å². The van der Waals surface area contributed by atoms with E-state index >= 15 is 0 Å². The lowest BCUT2D eigenvalue weighted by Crippen LogP contribution is -2.16. The molecule has 1 saturated carbocycles. The summed E-state index contributed by atoms with van der Waals surface area (Å²) in [5, 5.41) is 18.0. The standard InChI is InChI=1S/C17H20ClN5O2/c1-3-10(2)19-17-21-13(11-4-5-11)9-16(22-17)20-14-8-12(18)6-7-15(14)23(24)25/h6-11H,3-5H2,1-2H3,(H2,19,20,21,22)/t10-/m0/s1. The quantitative estimate of drug-likeness (QED) is 0.539. The second-order valence-electron chi connectivity index (χ2n) is 6.27. The third-order valence-electron chi connectivity index (χ3n) is 4.15. The van der Waals surface area contributed by atoms with Gasteiger partial charge in [-0.3, -0.25) is 10.1 Å². The van der Waals surface area contributed by atoms with E-state index in [2.05, 4.69) is 34.4 Å². The zero-order chi connectivity index (χ0) is 18.0. The Labute approximate surface area is 151 Å². The molecule has 0 unspecified atom stereocenters. The van der Waals surface area contributed by atoms with Gasteiger partial charge in [-0.1, -0.05) is 18.5 Å². The number of benzene rings is 1. The van der Waals surface area contributed by atoms with E-state index in [1.54, 1.807) is 0 Å². The molecule has 3 rings (SSSR count). The molecule has 1 heterocycles. The molecule has 1 fully saturated rings. The number of aromatic nitrogens is 2. The lowest BCUT2D eigenvalue weighted by atomic mass is 10.2. The van der Waals surface area contributed by atoms with Gasteiger partial charge in [0.15, 0.2) is 0 Å². The van der Waals surface area contributed by atoms with Crippen molar-refractivity contribution in [3.8, 4) is 0 Å². The number of nitrogens with one attached hydrogen (secondary N) is 2. The number of hydrogen-bond acceptors (Lipinski definition) is 6. The normalized spacial score (nSPS) is 14.8. The Balaban J connectivity index is 1.94. The van der Waals surface area contributed by atoms with E-state index < -0.39 is 4.92 Å². The number of anilines is 3. The maximum atomic E-state index is 11.2. The van der Waals surface area contributed by atoms with E-state index in [0.717, 1.165) is 25.0 Å². The molecule has 1 aliphatic rings. The SMILES string of the molecule is CC[C@H](C)Nc1nc(Nc2cc(Cl)ccc2[N+](=O)[O-])cc(C2CC2)n1. The fourth-order valence-electron chi connectivity index (χ4n) is 2.41. The van der Waals surface area contributed by atoms with E-state index in [-0.39, 0.29) is 11.7 Å². The Morgan fingerprint density at radius 3 is 2.76 bits per heavy atom. The third-order valence-corrected chi connectivity index (χ3v) is 4.38. The van der Waals surface area contributed by atoms with Crippen LogP contribution >= 0.6 is 11.6 Å². The minimum Gasteiger partial charge on any atom is -0.352 e. The highest BCUT2D eigenvalue weighted by atomic mass is 35.5. The Hall–Kier alpha value is -2.41. The highest BCUT2D eigenvalue weighted by Crippen LogP contribution is 2.40. The average Bonchev–Trinajstić information content (AvgIpc) is 3.39. The van der Waals surface area contributed by atoms with Crippen LogP contribution in [0, 0.1) is 10.1 Å². The molecule has 1 atom stereocenters. The summed E-state index contributed by atoms with van der Waals surface area (Å²) in [6.45, 7) is 4.14. The number of hydrogen-bond donors (Lipinski definition) is 2. The topological polar surface area (TPSA) is 93.0 Å². The average molecular weight is 362 g/mol. The first-order chi connectivity index (χ1) is 12.0. The molecule has 0 aliphatic heterocycles. The Morgan fingerprint density at radius 2 is 2.12 bits per heavy atom. The first-order valence-corrected chi connectivity index (χ1v) is 8.70. The number of halogens is 1. The van der Waals surface area contributed by atoms with Gasteiger partial charge in [-0.25, -0.2) is 4.98 Å². The molecule has 132 valence electrons. The molecular weight excluding hydrogens is 342 g/mol. The second-order valence-corrected chi connectivity index (χ2v) is 6.71. The van der Waals surface area contributed by atoms with Crippen molar-refractivity contribution < 1.29 is 4.92 Å². The maximum Gasteiger partial charge on any atom is 0.292 e. The molecule has 1 aliphatic carbocycles. The number of rotatable bonds is 7. The minimum absolute atomic E-state index is 0.0487. The highest BCUT2D eigenvalue weighted by molar-refractivity contribution is 6.31. The van der Waals surface area contributed by atoms with Crippen molar-refractivity contribution >= 4 is 34.7 Å². The molecule has 2 N–H and O–H groups in total. The smallest absolute Gasteiger partial charge is 0.292 e. The molecule has 0 radical (unpaired) electrons. The van der Waals surface area contributed by atoms with Crippen molar-refractivity contribution in [1.29, 1.82) is 0 Å². The van der Waals surface area contributed by atoms with Crippen LogP contribution in [0.15, 0.2) is 24.3 Å². The molecule has 1 aromatic heterocycles. The zero-order valence-corrected chi connectivity index (χ0v) is 14.9. The predicted octanol–water partition coefficient (Wildman–Crippen LogP) is 4.87. The van der Waals surface area contributed by atoms with E-state index in [1.165, 1.54) is 18.2 Å². The third kappa shape index (κ3) is 4.36. The summed E-state index contributed by atoms with van der Waals surface area (Å²) in [4.78, 5) is 19.8. The molecule has 1 aromatic carbocycles. The van der Waals surface area contributed by atoms with Crippen LogP contribution in [-0.2, 0) is 0 Å². The van der Waals surface area contributed by atoms with Crippen LogP contribution < -0.4 is 10.6 Å². The monoisotopic (exact) mass is 361 g/mol. The molecule has 0 bridgehead atoms. The molecule has 0 spiro atoms. The van der Waals surface area contributed by atoms with Gasteiger partial charge >= 0.3 is 0 Å². The largest absolute Gasteiger partial charge is 0.352 e. The van der Waals surface area contributed by atoms with Crippen molar-refractivity contribution in [2.24, 2.45) is 0 Å². The van der Waals surface area contributed by atoms with Crippen LogP contribution in [0.1, 0.15) is 44.7 Å². The van der Waals surface area contributed by atoms with Gasteiger partial charge in [-0.05, 0) is 38.3 Å². The zero-order valence-electron chi connectivity index (χ0n) is 14.1. The fraction of sp³-hybridized carbons (Fsp3) is 0.412. The highest BCUT2D eigenvalue weighted by Gasteiger charge is 2.26. The summed E-state index contributed by atoms with van der Waals surface area (Å²) in [6, 6.07) is 6.50. The summed E-state index contributed by atoms with van der Waals surface area (Å²) >= 11 is 5.99. The van der Waals surface area contributed by atoms with Crippen molar-refractivity contribution in [1.82, 2.24) is 9.97 Å². The summed E-state index contributed by atoms with van der Waals surface area (Å²) in [5.74, 6) is 1.49. The van der Waals surface area contributed by atoms with Crippen LogP contribution in [0.2, 0.25) is 5.02 Å². The van der Waals surface area contributed by atoms with E-state index in [4.69, 9.17) is 11.6 Å². The Kier molecular flexibility index (Phi) is 5.03. The second kappa shape index (κ2) is 7.23. The first-order valence-electron chi connectivity index (χ1n) is 8.32. The Morgan fingerprint density at radius 1 is 1.36 bits per heavy atom. The van der Waals surface area contributed by atoms with Gasteiger partial charge in [0, 0.05) is 29.1 Å². The van der Waals surface area contributed by atoms with Crippen molar-refractivity contribution in [3.05, 3.63) is 45.1 Å². The van der Waals surface area contributed by atoms with Gasteiger partial charge in [0.2, 0.25) is 5.95 Å². The number of nitrogens with zero attached hydrogens (tertiary/aromatic N) is 3. The lowest BCUT2D eigenvalue weighted by molar-refractivity contribution is -0.383. The van der Waals surface area contributed by atoms with E-state index in [9.17, 15) is 10.1 Å². The lowest BCUT2D eigenvalue weighted by Gasteiger charge is -2.14. The number of nitro benzene ring substituents is 1. The van der Waals surface area contributed by atoms with Crippen LogP contribution in [0.4, 0.5) is 23.1 Å². The summed E-state index contributed by atoms with van der Waals surface area (Å²) in [5.41, 5.74) is 1.22. The van der Waals surface area contributed by atoms with Crippen LogP contribution in [0.25, 0.3) is 0 Å². The van der Waals surface area contributed by atoms with Crippen molar-refractivity contribution in [2.75, 3.05) is 10.6 Å². The van der Waals surface area contributed by atoms with Gasteiger partial charge in [0.1, 0.15) is 11.5 Å². The van der Waals surface area contributed by atoms with Gasteiger partial charge in [-0.15, -0.1) is 0 Å². The molecule has 7 nitrogen and oxygen atoms in total. The molecule has 0 amide bonds. The van der Waals surface area contributed by atoms with Gasteiger partial charge < -0.3 is 10.6 Å². The van der Waals surface area contributed by atoms with Crippen LogP contribution in [-0.4, -0.2) is 20.9 Å². The van der Waals surface area contributed by atoms with E-state index in [1.807, 2.05) is 6.07 Å². The van der Waals surface area contributed by atoms with Gasteiger partial charge in [0.05, 0.1) is 10.6 Å². The van der Waals surface area contributed by atoms with Gasteiger partial charge in [0.25, 0.3) is 5.69 Å². The van der Waals surface area contributed by atoms with Crippen LogP contribution in [0.5, 0.6) is 0 Å². The van der Waals surface area contributed by atoms with E-state index in [0.29, 0.717) is 28.4 Å². The molecule has 2 aromatic rings. The summed E-state index contributed by atoms with van der Waals surface area (Å²) in [6.07, 6.45) is 3.16. The first kappa shape index (κ1) is 17.4. The van der Waals surface area contributed by atoms with Gasteiger partial charge in [-0.2, -0.15) is 4.98 Å². The summed E-state index contributed by atoms with van der Waals surface area (Å²) in [7, 11) is 0. The Bertz CT molecular complexity index is 795. The molecule has 25 heavy (non-hydrogen) atoms. The molecule has 0 saturated heterocycles. The molecular formula is C17H20ClN5O2. The van der Waals surface area contributed by atoms with Crippen molar-refractivity contribution in [2.45, 2.75) is 45.1 Å². The maximum absolute atomic E-state index is 11.2. The fourth-order valence-corrected chi connectivity index (χ4v) is 2.58. The number of nitro groups is 1.